The zero-order valence-corrected chi connectivity index (χ0v) is 14.3. The van der Waals surface area contributed by atoms with Crippen LogP contribution in [0.5, 0.6) is 11.5 Å². The van der Waals surface area contributed by atoms with Crippen molar-refractivity contribution in [3.8, 4) is 11.5 Å². The molecule has 3 rings (SSSR count). The van der Waals surface area contributed by atoms with Gasteiger partial charge in [-0.05, 0) is 61.8 Å². The molecule has 0 bridgehead atoms. The zero-order valence-electron chi connectivity index (χ0n) is 12.7. The number of ether oxygens (including phenoxy) is 2. The molecule has 0 radical (unpaired) electrons. The molecule has 0 unspecified atom stereocenters. The van der Waals surface area contributed by atoms with Crippen LogP contribution >= 0.6 is 15.9 Å². The Hall–Kier alpha value is -1.59. The molecule has 0 aliphatic carbocycles. The van der Waals surface area contributed by atoms with Gasteiger partial charge in [0.25, 0.3) is 0 Å². The van der Waals surface area contributed by atoms with Crippen molar-refractivity contribution in [2.45, 2.75) is 25.6 Å². The third kappa shape index (κ3) is 4.69. The molecule has 1 fully saturated rings. The standard InChI is InChI=1S/C18H19BrFNO2/c19-14-4-5-18(17(20)11-14)22-12-13-2-1-3-16(10-13)23-15-6-8-21-9-7-15/h1-5,10-11,15,21H,6-9,12H2. The molecular weight excluding hydrogens is 361 g/mol. The highest BCUT2D eigenvalue weighted by Gasteiger charge is 2.14. The van der Waals surface area contributed by atoms with Crippen LogP contribution in [-0.4, -0.2) is 19.2 Å². The summed E-state index contributed by atoms with van der Waals surface area (Å²) >= 11 is 3.23. The van der Waals surface area contributed by atoms with Crippen LogP contribution in [0.25, 0.3) is 0 Å². The summed E-state index contributed by atoms with van der Waals surface area (Å²) in [6.07, 6.45) is 2.30. The van der Waals surface area contributed by atoms with Crippen molar-refractivity contribution in [3.05, 3.63) is 58.3 Å². The minimum absolute atomic E-state index is 0.248. The van der Waals surface area contributed by atoms with Gasteiger partial charge in [-0.1, -0.05) is 28.1 Å². The number of nitrogens with one attached hydrogen (secondary N) is 1. The van der Waals surface area contributed by atoms with Gasteiger partial charge in [0.15, 0.2) is 11.6 Å². The van der Waals surface area contributed by atoms with E-state index in [1.54, 1.807) is 12.1 Å². The summed E-state index contributed by atoms with van der Waals surface area (Å²) in [7, 11) is 0. The molecule has 122 valence electrons. The average molecular weight is 380 g/mol. The van der Waals surface area contributed by atoms with Gasteiger partial charge >= 0.3 is 0 Å². The third-order valence-corrected chi connectivity index (χ3v) is 4.27. The minimum atomic E-state index is -0.374. The van der Waals surface area contributed by atoms with Crippen molar-refractivity contribution < 1.29 is 13.9 Å². The third-order valence-electron chi connectivity index (χ3n) is 3.78. The predicted octanol–water partition coefficient (Wildman–Crippen LogP) is 4.30. The van der Waals surface area contributed by atoms with E-state index >= 15 is 0 Å². The molecule has 0 aromatic heterocycles. The van der Waals surface area contributed by atoms with E-state index in [-0.39, 0.29) is 17.7 Å². The van der Waals surface area contributed by atoms with E-state index in [2.05, 4.69) is 21.2 Å². The summed E-state index contributed by atoms with van der Waals surface area (Å²) in [6, 6.07) is 12.6. The van der Waals surface area contributed by atoms with Gasteiger partial charge in [0.1, 0.15) is 18.5 Å². The Morgan fingerprint density at radius 1 is 1.13 bits per heavy atom. The van der Waals surface area contributed by atoms with Crippen LogP contribution < -0.4 is 14.8 Å². The molecule has 2 aromatic rings. The number of piperidine rings is 1. The first kappa shape index (κ1) is 16.3. The van der Waals surface area contributed by atoms with Crippen molar-refractivity contribution >= 4 is 15.9 Å². The summed E-state index contributed by atoms with van der Waals surface area (Å²) in [6.45, 7) is 2.30. The second-order valence-corrected chi connectivity index (χ2v) is 6.49. The van der Waals surface area contributed by atoms with Crippen LogP contribution in [0, 0.1) is 5.82 Å². The molecule has 3 nitrogen and oxygen atoms in total. The fraction of sp³-hybridized carbons (Fsp3) is 0.333. The molecule has 0 amide bonds. The molecular formula is C18H19BrFNO2. The summed E-state index contributed by atoms with van der Waals surface area (Å²) in [5.74, 6) is 0.716. The molecule has 2 aromatic carbocycles. The van der Waals surface area contributed by atoms with Crippen molar-refractivity contribution in [1.82, 2.24) is 5.32 Å². The van der Waals surface area contributed by atoms with E-state index in [1.807, 2.05) is 24.3 Å². The van der Waals surface area contributed by atoms with Gasteiger partial charge in [-0.2, -0.15) is 0 Å². The number of benzene rings is 2. The van der Waals surface area contributed by atoms with E-state index in [0.29, 0.717) is 11.1 Å². The predicted molar refractivity (Wildman–Crippen MR) is 91.4 cm³/mol. The summed E-state index contributed by atoms with van der Waals surface area (Å²) in [5, 5.41) is 3.32. The Kier molecular flexibility index (Phi) is 5.51. The van der Waals surface area contributed by atoms with Crippen LogP contribution in [0.2, 0.25) is 0 Å². The summed E-state index contributed by atoms with van der Waals surface area (Å²) in [5.41, 5.74) is 0.957. The lowest BCUT2D eigenvalue weighted by molar-refractivity contribution is 0.162. The van der Waals surface area contributed by atoms with E-state index in [9.17, 15) is 4.39 Å². The Morgan fingerprint density at radius 2 is 1.96 bits per heavy atom. The lowest BCUT2D eigenvalue weighted by Crippen LogP contribution is -2.34. The SMILES string of the molecule is Fc1cc(Br)ccc1OCc1cccc(OC2CCNCC2)c1. The Bertz CT molecular complexity index is 659. The normalized spacial score (nSPS) is 15.4. The fourth-order valence-electron chi connectivity index (χ4n) is 2.57. The van der Waals surface area contributed by atoms with E-state index < -0.39 is 0 Å². The number of hydrogen-bond acceptors (Lipinski definition) is 3. The van der Waals surface area contributed by atoms with Gasteiger partial charge in [-0.25, -0.2) is 4.39 Å². The average Bonchev–Trinajstić information content (AvgIpc) is 2.55. The first-order valence-electron chi connectivity index (χ1n) is 7.75. The lowest BCUT2D eigenvalue weighted by atomic mass is 10.1. The molecule has 0 saturated carbocycles. The molecule has 23 heavy (non-hydrogen) atoms. The first-order chi connectivity index (χ1) is 11.2. The molecule has 0 spiro atoms. The van der Waals surface area contributed by atoms with Crippen LogP contribution in [0.1, 0.15) is 18.4 Å². The van der Waals surface area contributed by atoms with Gasteiger partial charge < -0.3 is 14.8 Å². The molecule has 1 aliphatic heterocycles. The van der Waals surface area contributed by atoms with Crippen molar-refractivity contribution in [3.63, 3.8) is 0 Å². The number of hydrogen-bond donors (Lipinski definition) is 1. The van der Waals surface area contributed by atoms with Crippen molar-refractivity contribution in [1.29, 1.82) is 0 Å². The zero-order chi connectivity index (χ0) is 16.1. The Labute approximate surface area is 143 Å². The second-order valence-electron chi connectivity index (χ2n) is 5.58. The highest BCUT2D eigenvalue weighted by atomic mass is 79.9. The molecule has 0 atom stereocenters. The summed E-state index contributed by atoms with van der Waals surface area (Å²) in [4.78, 5) is 0. The maximum atomic E-state index is 13.8. The Balaban J connectivity index is 1.60. The molecule has 5 heteroatoms. The van der Waals surface area contributed by atoms with Crippen LogP contribution in [-0.2, 0) is 6.61 Å². The van der Waals surface area contributed by atoms with Gasteiger partial charge in [0.2, 0.25) is 0 Å². The van der Waals surface area contributed by atoms with E-state index in [1.165, 1.54) is 6.07 Å². The van der Waals surface area contributed by atoms with Gasteiger partial charge in [-0.3, -0.25) is 0 Å². The molecule has 1 aliphatic rings. The first-order valence-corrected chi connectivity index (χ1v) is 8.54. The van der Waals surface area contributed by atoms with E-state index in [4.69, 9.17) is 9.47 Å². The monoisotopic (exact) mass is 379 g/mol. The molecule has 1 N–H and O–H groups in total. The maximum absolute atomic E-state index is 13.8. The topological polar surface area (TPSA) is 30.5 Å². The highest BCUT2D eigenvalue weighted by Crippen LogP contribution is 2.23. The van der Waals surface area contributed by atoms with Crippen LogP contribution in [0.15, 0.2) is 46.9 Å². The lowest BCUT2D eigenvalue weighted by Gasteiger charge is -2.24. The largest absolute Gasteiger partial charge is 0.490 e. The number of rotatable bonds is 5. The minimum Gasteiger partial charge on any atom is -0.490 e. The van der Waals surface area contributed by atoms with Gasteiger partial charge in [0, 0.05) is 4.47 Å². The van der Waals surface area contributed by atoms with Crippen molar-refractivity contribution in [2.24, 2.45) is 0 Å². The fourth-order valence-corrected chi connectivity index (χ4v) is 2.90. The maximum Gasteiger partial charge on any atom is 0.166 e. The Morgan fingerprint density at radius 3 is 2.74 bits per heavy atom. The summed E-state index contributed by atoms with van der Waals surface area (Å²) < 4.78 is 26.0. The molecule has 1 saturated heterocycles. The smallest absolute Gasteiger partial charge is 0.166 e. The quantitative estimate of drug-likeness (QED) is 0.839. The number of halogens is 2. The van der Waals surface area contributed by atoms with E-state index in [0.717, 1.165) is 37.2 Å². The van der Waals surface area contributed by atoms with Gasteiger partial charge in [-0.15, -0.1) is 0 Å². The molecule has 1 heterocycles. The van der Waals surface area contributed by atoms with Crippen molar-refractivity contribution in [2.75, 3.05) is 13.1 Å². The second kappa shape index (κ2) is 7.79. The van der Waals surface area contributed by atoms with Crippen LogP contribution in [0.4, 0.5) is 4.39 Å². The highest BCUT2D eigenvalue weighted by molar-refractivity contribution is 9.10. The van der Waals surface area contributed by atoms with Crippen LogP contribution in [0.3, 0.4) is 0 Å². The van der Waals surface area contributed by atoms with Gasteiger partial charge in [0.05, 0.1) is 0 Å².